The first-order valence-corrected chi connectivity index (χ1v) is 13.5. The van der Waals surface area contributed by atoms with Gasteiger partial charge < -0.3 is 24.4 Å². The monoisotopic (exact) mass is 550 g/mol. The van der Waals surface area contributed by atoms with Gasteiger partial charge in [0.15, 0.2) is 5.82 Å². The second-order valence-electron chi connectivity index (χ2n) is 11.5. The highest BCUT2D eigenvalue weighted by Gasteiger charge is 2.49. The van der Waals surface area contributed by atoms with Crippen LogP contribution >= 0.6 is 0 Å². The van der Waals surface area contributed by atoms with E-state index in [1.165, 1.54) is 0 Å². The molecule has 0 radical (unpaired) electrons. The lowest BCUT2D eigenvalue weighted by Crippen LogP contribution is -2.50. The van der Waals surface area contributed by atoms with E-state index in [0.717, 1.165) is 27.9 Å². The third-order valence-corrected chi connectivity index (χ3v) is 7.37. The Balaban J connectivity index is 1.23. The van der Waals surface area contributed by atoms with Crippen LogP contribution in [0.5, 0.6) is 0 Å². The standard InChI is InChI=1S/C29H35FN6O4/c1-19-15-20(5-6-21(19)16-32-24(37)25-33-26(34-40-25)29(18-30)8-9-29)22-7-10-31-17-23(22)35-11-13-36(14-12-35)27(38)39-28(2,3)4/h5-7,10,15,17H,8-9,11-14,16,18H2,1-4H3,(H,32,37). The molecule has 0 spiro atoms. The van der Waals surface area contributed by atoms with E-state index in [9.17, 15) is 14.0 Å². The third-order valence-electron chi connectivity index (χ3n) is 7.37. The van der Waals surface area contributed by atoms with Crippen molar-refractivity contribution >= 4 is 17.7 Å². The number of ether oxygens (including phenoxy) is 1. The van der Waals surface area contributed by atoms with Crippen LogP contribution in [0.25, 0.3) is 11.1 Å². The summed E-state index contributed by atoms with van der Waals surface area (Å²) in [5.41, 5.74) is 3.83. The molecule has 0 atom stereocenters. The highest BCUT2D eigenvalue weighted by molar-refractivity contribution is 5.89. The first-order chi connectivity index (χ1) is 19.1. The van der Waals surface area contributed by atoms with Gasteiger partial charge in [-0.15, -0.1) is 0 Å². The fraction of sp³-hybridized carbons (Fsp3) is 0.483. The molecule has 1 aliphatic heterocycles. The van der Waals surface area contributed by atoms with Gasteiger partial charge in [-0.2, -0.15) is 4.98 Å². The van der Waals surface area contributed by atoms with Crippen LogP contribution in [-0.2, 0) is 16.7 Å². The van der Waals surface area contributed by atoms with Crippen LogP contribution in [0.3, 0.4) is 0 Å². The van der Waals surface area contributed by atoms with Crippen molar-refractivity contribution in [3.05, 3.63) is 59.5 Å². The van der Waals surface area contributed by atoms with Crippen LogP contribution in [0.15, 0.2) is 41.2 Å². The zero-order valence-corrected chi connectivity index (χ0v) is 23.4. The molecule has 212 valence electrons. The Labute approximate surface area is 232 Å². The molecule has 10 nitrogen and oxygen atoms in total. The average Bonchev–Trinajstić information content (AvgIpc) is 3.58. The van der Waals surface area contributed by atoms with E-state index < -0.39 is 23.6 Å². The van der Waals surface area contributed by atoms with E-state index in [2.05, 4.69) is 31.4 Å². The molecule has 2 aliphatic rings. The summed E-state index contributed by atoms with van der Waals surface area (Å²) >= 11 is 0. The van der Waals surface area contributed by atoms with Gasteiger partial charge in [-0.1, -0.05) is 23.4 Å². The maximum Gasteiger partial charge on any atom is 0.410 e. The highest BCUT2D eigenvalue weighted by atomic mass is 19.1. The number of hydrogen-bond donors (Lipinski definition) is 1. The number of nitrogens with zero attached hydrogens (tertiary/aromatic N) is 5. The number of piperazine rings is 1. The number of alkyl halides is 1. The van der Waals surface area contributed by atoms with E-state index in [-0.39, 0.29) is 24.4 Å². The molecule has 1 saturated carbocycles. The Morgan fingerprint density at radius 1 is 1.15 bits per heavy atom. The van der Waals surface area contributed by atoms with Gasteiger partial charge in [-0.3, -0.25) is 9.78 Å². The molecule has 2 fully saturated rings. The van der Waals surface area contributed by atoms with Crippen molar-refractivity contribution in [2.24, 2.45) is 0 Å². The van der Waals surface area contributed by atoms with Crippen molar-refractivity contribution in [2.45, 2.75) is 58.1 Å². The van der Waals surface area contributed by atoms with Gasteiger partial charge in [0.1, 0.15) is 12.3 Å². The number of amides is 2. The Kier molecular flexibility index (Phi) is 7.48. The van der Waals surface area contributed by atoms with Gasteiger partial charge in [0.05, 0.1) is 17.3 Å². The lowest BCUT2D eigenvalue weighted by atomic mass is 9.99. The summed E-state index contributed by atoms with van der Waals surface area (Å²) in [6, 6.07) is 8.08. The van der Waals surface area contributed by atoms with E-state index >= 15 is 0 Å². The number of halogens is 1. The number of carbonyl (C=O) groups is 2. The van der Waals surface area contributed by atoms with Crippen LogP contribution < -0.4 is 10.2 Å². The Bertz CT molecular complexity index is 1390. The van der Waals surface area contributed by atoms with Crippen molar-refractivity contribution in [3.63, 3.8) is 0 Å². The summed E-state index contributed by atoms with van der Waals surface area (Å²) in [6.45, 7) is 9.80. The molecule has 11 heteroatoms. The molecule has 3 heterocycles. The predicted molar refractivity (Wildman–Crippen MR) is 147 cm³/mol. The molecule has 40 heavy (non-hydrogen) atoms. The molecule has 0 unspecified atom stereocenters. The maximum absolute atomic E-state index is 13.3. The number of anilines is 1. The van der Waals surface area contributed by atoms with Gasteiger partial charge >= 0.3 is 17.9 Å². The fourth-order valence-electron chi connectivity index (χ4n) is 4.75. The topological polar surface area (TPSA) is 114 Å². The minimum absolute atomic E-state index is 0.155. The smallest absolute Gasteiger partial charge is 0.410 e. The first kappa shape index (κ1) is 27.5. The molecule has 1 aliphatic carbocycles. The van der Waals surface area contributed by atoms with Crippen molar-refractivity contribution < 1.29 is 23.2 Å². The second kappa shape index (κ2) is 10.9. The molecule has 5 rings (SSSR count). The molecule has 2 amide bonds. The summed E-state index contributed by atoms with van der Waals surface area (Å²) in [6.07, 6.45) is 4.67. The minimum atomic E-state index is -0.675. The van der Waals surface area contributed by atoms with Crippen molar-refractivity contribution in [2.75, 3.05) is 37.8 Å². The Hall–Kier alpha value is -4.02. The normalized spacial score (nSPS) is 16.5. The number of hydrogen-bond acceptors (Lipinski definition) is 8. The van der Waals surface area contributed by atoms with E-state index in [1.807, 2.05) is 52.1 Å². The summed E-state index contributed by atoms with van der Waals surface area (Å²) in [4.78, 5) is 37.5. The Morgan fingerprint density at radius 3 is 2.55 bits per heavy atom. The summed E-state index contributed by atoms with van der Waals surface area (Å²) in [5.74, 6) is -0.379. The summed E-state index contributed by atoms with van der Waals surface area (Å²) in [7, 11) is 0. The van der Waals surface area contributed by atoms with Gasteiger partial charge in [-0.05, 0) is 63.3 Å². The molecule has 1 saturated heterocycles. The lowest BCUT2D eigenvalue weighted by Gasteiger charge is -2.37. The van der Waals surface area contributed by atoms with Crippen molar-refractivity contribution in [1.29, 1.82) is 0 Å². The molecule has 2 aromatic heterocycles. The minimum Gasteiger partial charge on any atom is -0.444 e. The zero-order valence-electron chi connectivity index (χ0n) is 23.4. The second-order valence-corrected chi connectivity index (χ2v) is 11.5. The number of rotatable bonds is 7. The third kappa shape index (κ3) is 5.93. The molecule has 0 bridgehead atoms. The fourth-order valence-corrected chi connectivity index (χ4v) is 4.75. The van der Waals surface area contributed by atoms with Gasteiger partial charge in [-0.25, -0.2) is 9.18 Å². The van der Waals surface area contributed by atoms with Crippen LogP contribution in [0, 0.1) is 6.92 Å². The van der Waals surface area contributed by atoms with E-state index in [0.29, 0.717) is 39.0 Å². The van der Waals surface area contributed by atoms with Crippen LogP contribution in [0.4, 0.5) is 14.9 Å². The number of benzene rings is 1. The highest BCUT2D eigenvalue weighted by Crippen LogP contribution is 2.47. The number of carbonyl (C=O) groups excluding carboxylic acids is 2. The largest absolute Gasteiger partial charge is 0.444 e. The molecule has 3 aromatic rings. The van der Waals surface area contributed by atoms with Gasteiger partial charge in [0, 0.05) is 44.5 Å². The van der Waals surface area contributed by atoms with Crippen LogP contribution in [-0.4, -0.2) is 70.5 Å². The quantitative estimate of drug-likeness (QED) is 0.460. The molecule has 1 aromatic carbocycles. The van der Waals surface area contributed by atoms with E-state index in [4.69, 9.17) is 9.26 Å². The van der Waals surface area contributed by atoms with Crippen LogP contribution in [0.1, 0.15) is 61.2 Å². The molecular weight excluding hydrogens is 515 g/mol. The molecular formula is C29H35FN6O4. The average molecular weight is 551 g/mol. The summed E-state index contributed by atoms with van der Waals surface area (Å²) in [5, 5.41) is 6.63. The molecule has 1 N–H and O–H groups in total. The zero-order chi connectivity index (χ0) is 28.5. The maximum atomic E-state index is 13.3. The van der Waals surface area contributed by atoms with Crippen LogP contribution in [0.2, 0.25) is 0 Å². The number of aromatic nitrogens is 3. The van der Waals surface area contributed by atoms with Crippen molar-refractivity contribution in [3.8, 4) is 11.1 Å². The Morgan fingerprint density at radius 2 is 1.90 bits per heavy atom. The predicted octanol–water partition coefficient (Wildman–Crippen LogP) is 4.43. The lowest BCUT2D eigenvalue weighted by molar-refractivity contribution is 0.0240. The summed E-state index contributed by atoms with van der Waals surface area (Å²) < 4.78 is 23.9. The SMILES string of the molecule is Cc1cc(-c2ccncc2N2CCN(C(=O)OC(C)(C)C)CC2)ccc1CNC(=O)c1nc(C2(CF)CC2)no1. The van der Waals surface area contributed by atoms with Gasteiger partial charge in [0.2, 0.25) is 0 Å². The number of nitrogens with one attached hydrogen (secondary N) is 1. The first-order valence-electron chi connectivity index (χ1n) is 13.5. The number of pyridine rings is 1. The van der Waals surface area contributed by atoms with Gasteiger partial charge in [0.25, 0.3) is 0 Å². The van der Waals surface area contributed by atoms with Crippen molar-refractivity contribution in [1.82, 2.24) is 25.3 Å². The van der Waals surface area contributed by atoms with E-state index in [1.54, 1.807) is 11.1 Å². The number of aryl methyl sites for hydroxylation is 1.